The first-order chi connectivity index (χ1) is 11.7. The largest absolute Gasteiger partial charge is 0.497 e. The zero-order valence-corrected chi connectivity index (χ0v) is 15.2. The van der Waals surface area contributed by atoms with Crippen LogP contribution in [0.2, 0.25) is 10.0 Å². The van der Waals surface area contributed by atoms with Gasteiger partial charge in [-0.2, -0.15) is 0 Å². The van der Waals surface area contributed by atoms with Gasteiger partial charge in [0.1, 0.15) is 10.8 Å². The number of hydrogen-bond donors (Lipinski definition) is 0. The molecule has 6 heteroatoms. The van der Waals surface area contributed by atoms with Crippen LogP contribution in [0, 0.1) is 0 Å². The summed E-state index contributed by atoms with van der Waals surface area (Å²) in [5, 5.41) is 10.7. The Morgan fingerprint density at radius 1 is 0.958 bits per heavy atom. The lowest BCUT2D eigenvalue weighted by molar-refractivity contribution is 0.415. The third-order valence-corrected chi connectivity index (χ3v) is 4.97. The molecular formula is C18H14Cl2N2OS. The maximum absolute atomic E-state index is 6.18. The predicted octanol–water partition coefficient (Wildman–Crippen LogP) is 5.75. The monoisotopic (exact) mass is 376 g/mol. The molecule has 0 aliphatic carbocycles. The van der Waals surface area contributed by atoms with Crippen molar-refractivity contribution in [2.24, 2.45) is 0 Å². The Morgan fingerprint density at radius 2 is 1.75 bits per heavy atom. The Labute approximate surface area is 155 Å². The molecule has 0 unspecified atom stereocenters. The Bertz CT molecular complexity index is 823. The van der Waals surface area contributed by atoms with Gasteiger partial charge >= 0.3 is 0 Å². The van der Waals surface area contributed by atoms with Gasteiger partial charge in [0.05, 0.1) is 12.8 Å². The van der Waals surface area contributed by atoms with Crippen LogP contribution in [0.5, 0.6) is 5.75 Å². The van der Waals surface area contributed by atoms with E-state index in [1.54, 1.807) is 24.9 Å². The molecule has 3 aromatic rings. The molecule has 0 amide bonds. The second-order valence-corrected chi connectivity index (χ2v) is 6.85. The van der Waals surface area contributed by atoms with Crippen LogP contribution in [-0.4, -0.2) is 17.3 Å². The van der Waals surface area contributed by atoms with Gasteiger partial charge in [0.15, 0.2) is 0 Å². The molecule has 0 N–H and O–H groups in total. The lowest BCUT2D eigenvalue weighted by Gasteiger charge is -2.05. The van der Waals surface area contributed by atoms with E-state index >= 15 is 0 Å². The molecule has 24 heavy (non-hydrogen) atoms. The number of thioether (sulfide) groups is 1. The third kappa shape index (κ3) is 4.20. The first-order valence-electron chi connectivity index (χ1n) is 7.20. The summed E-state index contributed by atoms with van der Waals surface area (Å²) in [6.07, 6.45) is 0. The van der Waals surface area contributed by atoms with Crippen LogP contribution in [0.4, 0.5) is 0 Å². The highest BCUT2D eigenvalue weighted by atomic mass is 35.5. The summed E-state index contributed by atoms with van der Waals surface area (Å²) in [6.45, 7) is 0. The van der Waals surface area contributed by atoms with Crippen LogP contribution in [0.15, 0.2) is 59.6 Å². The van der Waals surface area contributed by atoms with Crippen molar-refractivity contribution in [1.29, 1.82) is 0 Å². The number of nitrogens with zero attached hydrogens (tertiary/aromatic N) is 2. The Balaban J connectivity index is 1.67. The average molecular weight is 377 g/mol. The minimum Gasteiger partial charge on any atom is -0.497 e. The summed E-state index contributed by atoms with van der Waals surface area (Å²) in [5.41, 5.74) is 2.85. The van der Waals surface area contributed by atoms with E-state index in [2.05, 4.69) is 10.2 Å². The first-order valence-corrected chi connectivity index (χ1v) is 8.95. The van der Waals surface area contributed by atoms with E-state index < -0.39 is 0 Å². The smallest absolute Gasteiger partial charge is 0.119 e. The van der Waals surface area contributed by atoms with Gasteiger partial charge in [0, 0.05) is 21.4 Å². The lowest BCUT2D eigenvalue weighted by atomic mass is 10.1. The van der Waals surface area contributed by atoms with E-state index in [-0.39, 0.29) is 0 Å². The fraction of sp³-hybridized carbons (Fsp3) is 0.111. The molecule has 0 aliphatic heterocycles. The molecule has 1 heterocycles. The summed E-state index contributed by atoms with van der Waals surface area (Å²) in [4.78, 5) is 0. The molecule has 2 aromatic carbocycles. The maximum Gasteiger partial charge on any atom is 0.119 e. The van der Waals surface area contributed by atoms with Gasteiger partial charge in [-0.25, -0.2) is 0 Å². The van der Waals surface area contributed by atoms with Crippen LogP contribution in [0.25, 0.3) is 11.3 Å². The Hall–Kier alpha value is -1.75. The number of hydrogen-bond acceptors (Lipinski definition) is 4. The quantitative estimate of drug-likeness (QED) is 0.530. The molecule has 0 saturated carbocycles. The maximum atomic E-state index is 6.18. The summed E-state index contributed by atoms with van der Waals surface area (Å²) >= 11 is 13.7. The average Bonchev–Trinajstić information content (AvgIpc) is 2.62. The van der Waals surface area contributed by atoms with Crippen molar-refractivity contribution in [2.75, 3.05) is 7.11 Å². The van der Waals surface area contributed by atoms with Gasteiger partial charge in [-0.15, -0.1) is 10.2 Å². The Kier molecular flexibility index (Phi) is 5.61. The highest BCUT2D eigenvalue weighted by Gasteiger charge is 2.05. The summed E-state index contributed by atoms with van der Waals surface area (Å²) in [5.74, 6) is 1.53. The minimum atomic E-state index is 0.636. The molecule has 1 aromatic heterocycles. The third-order valence-electron chi connectivity index (χ3n) is 3.42. The second-order valence-electron chi connectivity index (χ2n) is 5.01. The lowest BCUT2D eigenvalue weighted by Crippen LogP contribution is -1.91. The molecule has 0 radical (unpaired) electrons. The van der Waals surface area contributed by atoms with E-state index in [9.17, 15) is 0 Å². The molecule has 3 rings (SSSR count). The van der Waals surface area contributed by atoms with Gasteiger partial charge in [-0.3, -0.25) is 0 Å². The zero-order valence-electron chi connectivity index (χ0n) is 12.9. The number of benzene rings is 2. The Morgan fingerprint density at radius 3 is 2.38 bits per heavy atom. The molecular weight excluding hydrogens is 363 g/mol. The SMILES string of the molecule is COc1ccc(-c2ccc(SCc3ccc(Cl)cc3Cl)nn2)cc1. The number of ether oxygens (including phenoxy) is 1. The zero-order chi connectivity index (χ0) is 16.9. The van der Waals surface area contributed by atoms with Crippen LogP contribution in [-0.2, 0) is 5.75 Å². The van der Waals surface area contributed by atoms with Crippen molar-refractivity contribution in [3.05, 3.63) is 70.2 Å². The van der Waals surface area contributed by atoms with Gasteiger partial charge in [-0.05, 0) is 54.1 Å². The van der Waals surface area contributed by atoms with Crippen molar-refractivity contribution >= 4 is 35.0 Å². The molecule has 0 saturated heterocycles. The highest BCUT2D eigenvalue weighted by Crippen LogP contribution is 2.28. The summed E-state index contributed by atoms with van der Waals surface area (Å²) < 4.78 is 5.16. The molecule has 0 bridgehead atoms. The molecule has 0 aliphatic rings. The fourth-order valence-corrected chi connectivity index (χ4v) is 3.48. The van der Waals surface area contributed by atoms with E-state index in [1.807, 2.05) is 48.5 Å². The number of rotatable bonds is 5. The minimum absolute atomic E-state index is 0.636. The molecule has 122 valence electrons. The van der Waals surface area contributed by atoms with Crippen molar-refractivity contribution in [2.45, 2.75) is 10.8 Å². The molecule has 0 atom stereocenters. The molecule has 0 spiro atoms. The predicted molar refractivity (Wildman–Crippen MR) is 100 cm³/mol. The van der Waals surface area contributed by atoms with E-state index in [1.165, 1.54) is 0 Å². The van der Waals surface area contributed by atoms with Crippen LogP contribution >= 0.6 is 35.0 Å². The summed E-state index contributed by atoms with van der Waals surface area (Å²) in [6, 6.07) is 17.2. The second kappa shape index (κ2) is 7.88. The van der Waals surface area contributed by atoms with Crippen molar-refractivity contribution < 1.29 is 4.74 Å². The number of aromatic nitrogens is 2. The van der Waals surface area contributed by atoms with Crippen molar-refractivity contribution in [3.8, 4) is 17.0 Å². The van der Waals surface area contributed by atoms with Gasteiger partial charge in [0.25, 0.3) is 0 Å². The van der Waals surface area contributed by atoms with Gasteiger partial charge in [0.2, 0.25) is 0 Å². The van der Waals surface area contributed by atoms with E-state index in [0.29, 0.717) is 15.8 Å². The fourth-order valence-electron chi connectivity index (χ4n) is 2.10. The van der Waals surface area contributed by atoms with Crippen molar-refractivity contribution in [3.63, 3.8) is 0 Å². The normalized spacial score (nSPS) is 10.6. The standard InChI is InChI=1S/C18H14Cl2N2OS/c1-23-15-6-3-12(4-7-15)17-8-9-18(22-21-17)24-11-13-2-5-14(19)10-16(13)20/h2-10H,11H2,1H3. The first kappa shape index (κ1) is 17.1. The molecule has 0 fully saturated rings. The topological polar surface area (TPSA) is 35.0 Å². The van der Waals surface area contributed by atoms with E-state index in [0.717, 1.165) is 27.6 Å². The summed E-state index contributed by atoms with van der Waals surface area (Å²) in [7, 11) is 1.65. The number of methoxy groups -OCH3 is 1. The van der Waals surface area contributed by atoms with E-state index in [4.69, 9.17) is 27.9 Å². The van der Waals surface area contributed by atoms with Gasteiger partial charge < -0.3 is 4.74 Å². The molecule has 3 nitrogen and oxygen atoms in total. The highest BCUT2D eigenvalue weighted by molar-refractivity contribution is 7.98. The van der Waals surface area contributed by atoms with Crippen LogP contribution < -0.4 is 4.74 Å². The van der Waals surface area contributed by atoms with Crippen LogP contribution in [0.3, 0.4) is 0 Å². The van der Waals surface area contributed by atoms with Gasteiger partial charge in [-0.1, -0.05) is 41.0 Å². The number of halogens is 2. The van der Waals surface area contributed by atoms with Crippen molar-refractivity contribution in [1.82, 2.24) is 10.2 Å². The van der Waals surface area contributed by atoms with Crippen LogP contribution in [0.1, 0.15) is 5.56 Å².